The third-order valence-electron chi connectivity index (χ3n) is 4.09. The first-order valence-electron chi connectivity index (χ1n) is 7.79. The van der Waals surface area contributed by atoms with E-state index in [0.717, 1.165) is 16.7 Å². The Labute approximate surface area is 144 Å². The predicted octanol–water partition coefficient (Wildman–Crippen LogP) is 3.66. The minimum absolute atomic E-state index is 0.159. The van der Waals surface area contributed by atoms with Crippen molar-refractivity contribution in [3.63, 3.8) is 0 Å². The fraction of sp³-hybridized carbons (Fsp3) is 0.389. The van der Waals surface area contributed by atoms with Gasteiger partial charge in [0.1, 0.15) is 16.5 Å². The van der Waals surface area contributed by atoms with Crippen LogP contribution in [0.4, 0.5) is 5.82 Å². The van der Waals surface area contributed by atoms with Crippen molar-refractivity contribution in [2.24, 2.45) is 0 Å². The van der Waals surface area contributed by atoms with Crippen LogP contribution in [0, 0.1) is 13.8 Å². The highest BCUT2D eigenvalue weighted by Gasteiger charge is 2.28. The molecule has 0 amide bonds. The molecule has 24 heavy (non-hydrogen) atoms. The van der Waals surface area contributed by atoms with Crippen molar-refractivity contribution in [3.8, 4) is 5.75 Å². The van der Waals surface area contributed by atoms with Crippen LogP contribution in [-0.4, -0.2) is 27.6 Å². The first kappa shape index (κ1) is 18.3. The second-order valence-corrected chi connectivity index (χ2v) is 8.07. The molecule has 0 radical (unpaired) electrons. The maximum Gasteiger partial charge on any atom is 0.268 e. The molecule has 1 aromatic carbocycles. The van der Waals surface area contributed by atoms with Gasteiger partial charge in [0.15, 0.2) is 0 Å². The molecular formula is C18H24N2O3S. The lowest BCUT2D eigenvalue weighted by Gasteiger charge is -2.23. The first-order valence-corrected chi connectivity index (χ1v) is 9.23. The number of aryl methyl sites for hydroxylation is 2. The van der Waals surface area contributed by atoms with E-state index in [1.807, 2.05) is 33.8 Å². The molecule has 0 aliphatic rings. The van der Waals surface area contributed by atoms with E-state index in [4.69, 9.17) is 4.74 Å². The van der Waals surface area contributed by atoms with Crippen molar-refractivity contribution in [2.45, 2.75) is 38.5 Å². The summed E-state index contributed by atoms with van der Waals surface area (Å²) in [6.07, 6.45) is 1.58. The standard InChI is InChI=1S/C18H24N2O3S/c1-12(2)15-11-17(16(23-6)10-14(15)4)24(21,22)20(5)18-13(3)8-7-9-19-18/h7-12H,1-6H3. The molecule has 0 fully saturated rings. The van der Waals surface area contributed by atoms with Crippen molar-refractivity contribution in [3.05, 3.63) is 47.2 Å². The van der Waals surface area contributed by atoms with Crippen molar-refractivity contribution in [1.29, 1.82) is 0 Å². The number of sulfonamides is 1. The summed E-state index contributed by atoms with van der Waals surface area (Å²) in [6, 6.07) is 7.10. The normalized spacial score (nSPS) is 11.6. The molecule has 0 atom stereocenters. The Morgan fingerprint density at radius 1 is 1.17 bits per heavy atom. The number of hydrogen-bond acceptors (Lipinski definition) is 4. The smallest absolute Gasteiger partial charge is 0.268 e. The second-order valence-electron chi connectivity index (χ2n) is 6.13. The second kappa shape index (κ2) is 6.81. The van der Waals surface area contributed by atoms with Gasteiger partial charge in [-0.25, -0.2) is 13.4 Å². The number of benzene rings is 1. The zero-order valence-electron chi connectivity index (χ0n) is 15.0. The van der Waals surface area contributed by atoms with Crippen LogP contribution in [0.15, 0.2) is 35.4 Å². The Bertz CT molecular complexity index is 845. The van der Waals surface area contributed by atoms with Gasteiger partial charge < -0.3 is 4.74 Å². The summed E-state index contributed by atoms with van der Waals surface area (Å²) in [7, 11) is -0.790. The highest BCUT2D eigenvalue weighted by molar-refractivity contribution is 7.92. The lowest BCUT2D eigenvalue weighted by Crippen LogP contribution is -2.28. The number of nitrogens with zero attached hydrogens (tertiary/aromatic N) is 2. The van der Waals surface area contributed by atoms with Gasteiger partial charge in [-0.05, 0) is 54.7 Å². The van der Waals surface area contributed by atoms with Gasteiger partial charge in [0, 0.05) is 13.2 Å². The maximum absolute atomic E-state index is 13.2. The zero-order valence-corrected chi connectivity index (χ0v) is 15.8. The Morgan fingerprint density at radius 2 is 1.83 bits per heavy atom. The fourth-order valence-electron chi connectivity index (χ4n) is 2.73. The Kier molecular flexibility index (Phi) is 5.18. The highest BCUT2D eigenvalue weighted by Crippen LogP contribution is 2.34. The molecular weight excluding hydrogens is 324 g/mol. The lowest BCUT2D eigenvalue weighted by atomic mass is 9.98. The van der Waals surface area contributed by atoms with Crippen molar-refractivity contribution >= 4 is 15.8 Å². The molecule has 5 nitrogen and oxygen atoms in total. The zero-order chi connectivity index (χ0) is 18.1. The summed E-state index contributed by atoms with van der Waals surface area (Å²) in [5.74, 6) is 0.968. The monoisotopic (exact) mass is 348 g/mol. The quantitative estimate of drug-likeness (QED) is 0.827. The third kappa shape index (κ3) is 3.24. The largest absolute Gasteiger partial charge is 0.495 e. The van der Waals surface area contributed by atoms with Gasteiger partial charge in [-0.3, -0.25) is 4.31 Å². The third-order valence-corrected chi connectivity index (χ3v) is 5.86. The average Bonchev–Trinajstić information content (AvgIpc) is 2.53. The van der Waals surface area contributed by atoms with Crippen LogP contribution in [0.2, 0.25) is 0 Å². The van der Waals surface area contributed by atoms with Gasteiger partial charge in [-0.15, -0.1) is 0 Å². The summed E-state index contributed by atoms with van der Waals surface area (Å²) in [6.45, 7) is 7.87. The molecule has 0 aliphatic heterocycles. The van der Waals surface area contributed by atoms with Crippen LogP contribution in [0.25, 0.3) is 0 Å². The Morgan fingerprint density at radius 3 is 2.38 bits per heavy atom. The molecule has 0 bridgehead atoms. The summed E-state index contributed by atoms with van der Waals surface area (Å²) < 4.78 is 32.9. The molecule has 1 heterocycles. The molecule has 0 saturated carbocycles. The van der Waals surface area contributed by atoms with Crippen molar-refractivity contribution in [2.75, 3.05) is 18.5 Å². The van der Waals surface area contributed by atoms with E-state index >= 15 is 0 Å². The van der Waals surface area contributed by atoms with Crippen LogP contribution in [-0.2, 0) is 10.0 Å². The molecule has 0 unspecified atom stereocenters. The number of hydrogen-bond donors (Lipinski definition) is 0. The molecule has 6 heteroatoms. The molecule has 0 saturated heterocycles. The van der Waals surface area contributed by atoms with E-state index < -0.39 is 10.0 Å². The van der Waals surface area contributed by atoms with Crippen LogP contribution in [0.3, 0.4) is 0 Å². The SMILES string of the molecule is COc1cc(C)c(C(C)C)cc1S(=O)(=O)N(C)c1ncccc1C. The van der Waals surface area contributed by atoms with Crippen molar-refractivity contribution < 1.29 is 13.2 Å². The van der Waals surface area contributed by atoms with E-state index in [1.165, 1.54) is 18.5 Å². The lowest BCUT2D eigenvalue weighted by molar-refractivity contribution is 0.402. The van der Waals surface area contributed by atoms with Gasteiger partial charge in [0.05, 0.1) is 7.11 Å². The maximum atomic E-state index is 13.2. The summed E-state index contributed by atoms with van der Waals surface area (Å²) in [5.41, 5.74) is 2.79. The van der Waals surface area contributed by atoms with Crippen molar-refractivity contribution in [1.82, 2.24) is 4.98 Å². The van der Waals surface area contributed by atoms with Gasteiger partial charge in [-0.1, -0.05) is 19.9 Å². The summed E-state index contributed by atoms with van der Waals surface area (Å²) >= 11 is 0. The van der Waals surface area contributed by atoms with Crippen LogP contribution in [0.5, 0.6) is 5.75 Å². The van der Waals surface area contributed by atoms with E-state index in [2.05, 4.69) is 4.98 Å². The molecule has 0 aliphatic carbocycles. The highest BCUT2D eigenvalue weighted by atomic mass is 32.2. The molecule has 1 aromatic heterocycles. The van der Waals surface area contributed by atoms with Gasteiger partial charge >= 0.3 is 0 Å². The van der Waals surface area contributed by atoms with E-state index in [0.29, 0.717) is 11.6 Å². The molecule has 2 aromatic rings. The predicted molar refractivity (Wildman–Crippen MR) is 96.4 cm³/mol. The minimum Gasteiger partial charge on any atom is -0.495 e. The van der Waals surface area contributed by atoms with Crippen LogP contribution < -0.4 is 9.04 Å². The number of methoxy groups -OCH3 is 1. The van der Waals surface area contributed by atoms with Crippen LogP contribution >= 0.6 is 0 Å². The average molecular weight is 348 g/mol. The van der Waals surface area contributed by atoms with E-state index in [1.54, 1.807) is 24.4 Å². The molecule has 2 rings (SSSR count). The van der Waals surface area contributed by atoms with Gasteiger partial charge in [0.25, 0.3) is 10.0 Å². The summed E-state index contributed by atoms with van der Waals surface area (Å²) in [5, 5.41) is 0. The van der Waals surface area contributed by atoms with E-state index in [9.17, 15) is 8.42 Å². The molecule has 0 spiro atoms. The Hall–Kier alpha value is -2.08. The van der Waals surface area contributed by atoms with E-state index in [-0.39, 0.29) is 10.8 Å². The number of ether oxygens (including phenoxy) is 1. The summed E-state index contributed by atoms with van der Waals surface area (Å²) in [4.78, 5) is 4.37. The number of anilines is 1. The minimum atomic E-state index is -3.78. The van der Waals surface area contributed by atoms with Gasteiger partial charge in [0.2, 0.25) is 0 Å². The Balaban J connectivity index is 2.64. The number of pyridine rings is 1. The fourth-order valence-corrected chi connectivity index (χ4v) is 4.12. The molecule has 130 valence electrons. The first-order chi connectivity index (χ1) is 11.2. The topological polar surface area (TPSA) is 59.5 Å². The number of aromatic nitrogens is 1. The van der Waals surface area contributed by atoms with Crippen LogP contribution in [0.1, 0.15) is 36.5 Å². The number of rotatable bonds is 5. The molecule has 0 N–H and O–H groups in total. The van der Waals surface area contributed by atoms with Gasteiger partial charge in [-0.2, -0.15) is 0 Å².